The van der Waals surface area contributed by atoms with Crippen LogP contribution in [0.3, 0.4) is 0 Å². The molecular weight excluding hydrogens is 619 g/mol. The van der Waals surface area contributed by atoms with Crippen molar-refractivity contribution >= 4 is 54.4 Å². The fourth-order valence-corrected chi connectivity index (χ4v) is 8.83. The fourth-order valence-electron chi connectivity index (χ4n) is 8.83. The van der Waals surface area contributed by atoms with Crippen molar-refractivity contribution in [1.82, 2.24) is 14.5 Å². The highest BCUT2D eigenvalue weighted by atomic mass is 15.0. The van der Waals surface area contributed by atoms with E-state index in [1.54, 1.807) is 0 Å². The summed E-state index contributed by atoms with van der Waals surface area (Å²) in [5, 5.41) is 7.60. The minimum Gasteiger partial charge on any atom is -0.355 e. The molecule has 7 aromatic carbocycles. The molecule has 3 nitrogen and oxygen atoms in total. The lowest BCUT2D eigenvalue weighted by molar-refractivity contribution is 0.660. The summed E-state index contributed by atoms with van der Waals surface area (Å²) in [5.41, 5.74) is 15.7. The summed E-state index contributed by atoms with van der Waals surface area (Å²) < 4.78 is 2.47. The van der Waals surface area contributed by atoms with Crippen LogP contribution in [0.25, 0.3) is 93.6 Å². The van der Waals surface area contributed by atoms with Crippen LogP contribution in [0.5, 0.6) is 0 Å². The van der Waals surface area contributed by atoms with Gasteiger partial charge in [0.05, 0.1) is 16.7 Å². The molecule has 3 aromatic heterocycles. The van der Waals surface area contributed by atoms with Gasteiger partial charge in [0.1, 0.15) is 0 Å². The van der Waals surface area contributed by atoms with E-state index in [0.29, 0.717) is 0 Å². The minimum absolute atomic E-state index is 0.162. The molecule has 3 heterocycles. The molecule has 0 fully saturated rings. The van der Waals surface area contributed by atoms with Gasteiger partial charge in [0.15, 0.2) is 0 Å². The summed E-state index contributed by atoms with van der Waals surface area (Å²) in [6, 6.07) is 55.8. The summed E-state index contributed by atoms with van der Waals surface area (Å²) in [4.78, 5) is 8.23. The van der Waals surface area contributed by atoms with Crippen LogP contribution in [0.2, 0.25) is 0 Å². The first-order valence-electron chi connectivity index (χ1n) is 17.7. The predicted molar refractivity (Wildman–Crippen MR) is 214 cm³/mol. The van der Waals surface area contributed by atoms with Gasteiger partial charge in [0.2, 0.25) is 0 Å². The monoisotopic (exact) mass is 651 g/mol. The fraction of sp³-hybridized carbons (Fsp3) is 0.0625. The van der Waals surface area contributed by atoms with Gasteiger partial charge in [-0.25, -0.2) is 0 Å². The van der Waals surface area contributed by atoms with Crippen molar-refractivity contribution in [1.29, 1.82) is 0 Å². The number of H-pyrrole nitrogens is 1. The normalized spacial score (nSPS) is 13.5. The summed E-state index contributed by atoms with van der Waals surface area (Å²) in [5.74, 6) is 0. The van der Waals surface area contributed by atoms with E-state index >= 15 is 0 Å². The number of nitrogens with one attached hydrogen (secondary N) is 1. The number of fused-ring (bicyclic) bond motifs is 11. The first-order chi connectivity index (χ1) is 25.0. The smallest absolute Gasteiger partial charge is 0.0702 e. The highest BCUT2D eigenvalue weighted by Crippen LogP contribution is 2.51. The second-order valence-electron chi connectivity index (χ2n) is 14.5. The highest BCUT2D eigenvalue weighted by molar-refractivity contribution is 6.22. The molecule has 3 heteroatoms. The Morgan fingerprint density at radius 2 is 1.20 bits per heavy atom. The molecule has 1 aliphatic carbocycles. The molecular formula is C48H33N3. The quantitative estimate of drug-likeness (QED) is 0.203. The van der Waals surface area contributed by atoms with E-state index in [0.717, 1.165) is 11.3 Å². The standard InChI is InChI=1S/C48H33N3/c1-48(2)40-27-32(42-12-7-8-24-49-42)14-19-35(40)36-20-18-33(28-41(36)48)51-45-22-17-31(26-39(45)47-34-10-4-3-9-29(34)16-23-46(47)51)30-15-21-44-38(25-30)37-11-5-6-13-43(37)50-44/h3-28,50H,1-2H3. The molecule has 0 saturated heterocycles. The summed E-state index contributed by atoms with van der Waals surface area (Å²) in [6.07, 6.45) is 1.87. The number of aromatic amines is 1. The van der Waals surface area contributed by atoms with Crippen LogP contribution in [0.15, 0.2) is 158 Å². The number of pyridine rings is 1. The maximum atomic E-state index is 4.64. The number of hydrogen-bond donors (Lipinski definition) is 1. The van der Waals surface area contributed by atoms with Gasteiger partial charge in [-0.3, -0.25) is 4.98 Å². The van der Waals surface area contributed by atoms with Gasteiger partial charge in [-0.05, 0) is 111 Å². The first kappa shape index (κ1) is 28.4. The van der Waals surface area contributed by atoms with Gasteiger partial charge in [-0.2, -0.15) is 0 Å². The molecule has 240 valence electrons. The second-order valence-corrected chi connectivity index (χ2v) is 14.5. The van der Waals surface area contributed by atoms with E-state index in [1.807, 2.05) is 12.3 Å². The Morgan fingerprint density at radius 3 is 2.06 bits per heavy atom. The van der Waals surface area contributed by atoms with Crippen LogP contribution in [0, 0.1) is 0 Å². The Hall–Kier alpha value is -6.45. The Bertz CT molecular complexity index is 3050. The first-order valence-corrected chi connectivity index (χ1v) is 17.7. The molecule has 0 spiro atoms. The van der Waals surface area contributed by atoms with Crippen molar-refractivity contribution in [3.05, 3.63) is 169 Å². The van der Waals surface area contributed by atoms with Crippen molar-refractivity contribution < 1.29 is 0 Å². The molecule has 10 aromatic rings. The third-order valence-corrected chi connectivity index (χ3v) is 11.4. The third-order valence-electron chi connectivity index (χ3n) is 11.4. The highest BCUT2D eigenvalue weighted by Gasteiger charge is 2.36. The summed E-state index contributed by atoms with van der Waals surface area (Å²) in [6.45, 7) is 4.72. The van der Waals surface area contributed by atoms with E-state index < -0.39 is 0 Å². The Morgan fingerprint density at radius 1 is 0.510 bits per heavy atom. The maximum absolute atomic E-state index is 4.64. The molecule has 1 aliphatic rings. The van der Waals surface area contributed by atoms with Crippen LogP contribution in [-0.2, 0) is 5.41 Å². The number of rotatable bonds is 3. The zero-order chi connectivity index (χ0) is 33.8. The van der Waals surface area contributed by atoms with Crippen molar-refractivity contribution in [3.8, 4) is 39.2 Å². The average Bonchev–Trinajstić information content (AvgIpc) is 3.80. The molecule has 0 radical (unpaired) electrons. The SMILES string of the molecule is CC1(C)c2cc(-c3ccccn3)ccc2-c2ccc(-n3c4ccc(-c5ccc6[nH]c7ccccc7c6c5)cc4c4c5ccccc5ccc43)cc21. The molecule has 0 atom stereocenters. The van der Waals surface area contributed by atoms with Gasteiger partial charge >= 0.3 is 0 Å². The topological polar surface area (TPSA) is 33.6 Å². The molecule has 0 aliphatic heterocycles. The average molecular weight is 652 g/mol. The van der Waals surface area contributed by atoms with Crippen LogP contribution in [0.1, 0.15) is 25.0 Å². The lowest BCUT2D eigenvalue weighted by atomic mass is 9.81. The molecule has 0 amide bonds. The van der Waals surface area contributed by atoms with Crippen LogP contribution in [0.4, 0.5) is 0 Å². The molecule has 0 saturated carbocycles. The van der Waals surface area contributed by atoms with E-state index in [9.17, 15) is 0 Å². The predicted octanol–water partition coefficient (Wildman–Crippen LogP) is 12.6. The van der Waals surface area contributed by atoms with Crippen LogP contribution < -0.4 is 0 Å². The van der Waals surface area contributed by atoms with Crippen molar-refractivity contribution in [2.75, 3.05) is 0 Å². The third kappa shape index (κ3) is 4.03. The zero-order valence-electron chi connectivity index (χ0n) is 28.4. The number of hydrogen-bond acceptors (Lipinski definition) is 1. The Kier molecular flexibility index (Phi) is 5.73. The van der Waals surface area contributed by atoms with Crippen molar-refractivity contribution in [2.24, 2.45) is 0 Å². The molecule has 0 unspecified atom stereocenters. The zero-order valence-corrected chi connectivity index (χ0v) is 28.4. The van der Waals surface area contributed by atoms with E-state index in [4.69, 9.17) is 0 Å². The number of benzene rings is 7. The summed E-state index contributed by atoms with van der Waals surface area (Å²) >= 11 is 0. The van der Waals surface area contributed by atoms with Gasteiger partial charge in [0, 0.05) is 55.4 Å². The van der Waals surface area contributed by atoms with Crippen molar-refractivity contribution in [3.63, 3.8) is 0 Å². The lowest BCUT2D eigenvalue weighted by Crippen LogP contribution is -2.15. The largest absolute Gasteiger partial charge is 0.355 e. The number of para-hydroxylation sites is 1. The van der Waals surface area contributed by atoms with E-state index in [-0.39, 0.29) is 5.41 Å². The van der Waals surface area contributed by atoms with E-state index in [2.05, 4.69) is 174 Å². The van der Waals surface area contributed by atoms with Crippen LogP contribution in [-0.4, -0.2) is 14.5 Å². The lowest BCUT2D eigenvalue weighted by Gasteiger charge is -2.23. The molecule has 1 N–H and O–H groups in total. The second kappa shape index (κ2) is 10.3. The van der Waals surface area contributed by atoms with Gasteiger partial charge < -0.3 is 9.55 Å². The van der Waals surface area contributed by atoms with Gasteiger partial charge in [-0.1, -0.05) is 98.8 Å². The summed E-state index contributed by atoms with van der Waals surface area (Å²) in [7, 11) is 0. The number of nitrogens with zero attached hydrogens (tertiary/aromatic N) is 2. The van der Waals surface area contributed by atoms with Gasteiger partial charge in [0.25, 0.3) is 0 Å². The van der Waals surface area contributed by atoms with Crippen LogP contribution >= 0.6 is 0 Å². The molecule has 51 heavy (non-hydrogen) atoms. The Labute approximate surface area is 295 Å². The van der Waals surface area contributed by atoms with Gasteiger partial charge in [-0.15, -0.1) is 0 Å². The van der Waals surface area contributed by atoms with E-state index in [1.165, 1.54) is 93.5 Å². The maximum Gasteiger partial charge on any atom is 0.0702 e. The number of aromatic nitrogens is 3. The molecule has 0 bridgehead atoms. The minimum atomic E-state index is -0.162. The van der Waals surface area contributed by atoms with Crippen molar-refractivity contribution in [2.45, 2.75) is 19.3 Å². The molecule has 11 rings (SSSR count). The Balaban J connectivity index is 1.11.